The predicted octanol–water partition coefficient (Wildman–Crippen LogP) is 7.34. The largest absolute Gasteiger partial charge is 0.489 e. The monoisotopic (exact) mass is 447 g/mol. The molecule has 1 atom stereocenters. The predicted molar refractivity (Wildman–Crippen MR) is 123 cm³/mol. The van der Waals surface area contributed by atoms with Crippen LogP contribution in [0.2, 0.25) is 15.1 Å². The smallest absolute Gasteiger partial charge is 0.124 e. The van der Waals surface area contributed by atoms with Crippen molar-refractivity contribution in [1.82, 2.24) is 5.32 Å². The summed E-state index contributed by atoms with van der Waals surface area (Å²) in [6.45, 7) is 3.30. The minimum absolute atomic E-state index is 0.372. The Morgan fingerprint density at radius 1 is 0.862 bits per heavy atom. The lowest BCUT2D eigenvalue weighted by Crippen LogP contribution is -2.26. The first-order chi connectivity index (χ1) is 14.0. The average Bonchev–Trinajstić information content (AvgIpc) is 2.73. The molecule has 5 heteroatoms. The number of hydrogen-bond acceptors (Lipinski definition) is 2. The molecule has 0 saturated heterocycles. The van der Waals surface area contributed by atoms with Crippen LogP contribution in [0.15, 0.2) is 66.7 Å². The van der Waals surface area contributed by atoms with E-state index in [9.17, 15) is 0 Å². The molecule has 0 aliphatic carbocycles. The van der Waals surface area contributed by atoms with Crippen LogP contribution >= 0.6 is 34.8 Å². The van der Waals surface area contributed by atoms with Crippen LogP contribution in [0, 0.1) is 0 Å². The number of halogens is 3. The quantitative estimate of drug-likeness (QED) is 0.370. The third kappa shape index (κ3) is 6.94. The summed E-state index contributed by atoms with van der Waals surface area (Å²) in [5, 5.41) is 5.33. The summed E-state index contributed by atoms with van der Waals surface area (Å²) in [7, 11) is 0. The molecular formula is C24H24Cl3NO. The van der Waals surface area contributed by atoms with Gasteiger partial charge in [0.1, 0.15) is 12.4 Å². The molecule has 0 bridgehead atoms. The van der Waals surface area contributed by atoms with E-state index >= 15 is 0 Å². The van der Waals surface area contributed by atoms with Crippen LogP contribution in [-0.4, -0.2) is 6.04 Å². The maximum atomic E-state index is 6.21. The van der Waals surface area contributed by atoms with Gasteiger partial charge >= 0.3 is 0 Å². The zero-order valence-corrected chi connectivity index (χ0v) is 18.6. The molecule has 1 unspecified atom stereocenters. The standard InChI is InChI=1S/C24H24Cl3NO/c1-17(7-8-18-5-3-2-4-6-18)28-15-20-14-21(25)10-12-24(20)29-16-19-9-11-22(26)23(27)13-19/h2-6,9-14,17,28H,7-8,15-16H2,1H3. The van der Waals surface area contributed by atoms with Gasteiger partial charge in [-0.25, -0.2) is 0 Å². The summed E-state index contributed by atoms with van der Waals surface area (Å²) in [6, 6.07) is 22.1. The number of hydrogen-bond donors (Lipinski definition) is 1. The summed E-state index contributed by atoms with van der Waals surface area (Å²) in [4.78, 5) is 0. The fraction of sp³-hybridized carbons (Fsp3) is 0.250. The zero-order valence-electron chi connectivity index (χ0n) is 16.3. The highest BCUT2D eigenvalue weighted by molar-refractivity contribution is 6.42. The van der Waals surface area contributed by atoms with E-state index in [1.807, 2.05) is 36.4 Å². The molecule has 0 aliphatic rings. The van der Waals surface area contributed by atoms with Crippen LogP contribution in [-0.2, 0) is 19.6 Å². The van der Waals surface area contributed by atoms with Crippen molar-refractivity contribution in [2.24, 2.45) is 0 Å². The summed E-state index contributed by atoms with van der Waals surface area (Å²) < 4.78 is 6.03. The fourth-order valence-corrected chi connectivity index (χ4v) is 3.55. The third-order valence-electron chi connectivity index (χ3n) is 4.75. The topological polar surface area (TPSA) is 21.3 Å². The van der Waals surface area contributed by atoms with Gasteiger partial charge in [-0.05, 0) is 61.2 Å². The highest BCUT2D eigenvalue weighted by Gasteiger charge is 2.09. The van der Waals surface area contributed by atoms with E-state index in [1.165, 1.54) is 5.56 Å². The maximum Gasteiger partial charge on any atom is 0.124 e. The van der Waals surface area contributed by atoms with Crippen LogP contribution in [0.1, 0.15) is 30.0 Å². The molecule has 1 N–H and O–H groups in total. The van der Waals surface area contributed by atoms with E-state index in [-0.39, 0.29) is 0 Å². The molecule has 152 valence electrons. The van der Waals surface area contributed by atoms with Crippen molar-refractivity contribution < 1.29 is 4.74 Å². The van der Waals surface area contributed by atoms with Gasteiger partial charge in [-0.15, -0.1) is 0 Å². The Morgan fingerprint density at radius 2 is 1.66 bits per heavy atom. The van der Waals surface area contributed by atoms with Crippen molar-refractivity contribution in [3.63, 3.8) is 0 Å². The van der Waals surface area contributed by atoms with Crippen LogP contribution in [0.3, 0.4) is 0 Å². The van der Waals surface area contributed by atoms with Crippen molar-refractivity contribution in [3.05, 3.63) is 98.5 Å². The average molecular weight is 449 g/mol. The van der Waals surface area contributed by atoms with Crippen molar-refractivity contribution in [3.8, 4) is 5.75 Å². The molecule has 3 aromatic rings. The molecule has 3 aromatic carbocycles. The molecular weight excluding hydrogens is 425 g/mol. The second kappa shape index (κ2) is 10.9. The van der Waals surface area contributed by atoms with Crippen LogP contribution < -0.4 is 10.1 Å². The number of nitrogens with one attached hydrogen (secondary N) is 1. The van der Waals surface area contributed by atoms with Gasteiger partial charge in [0.2, 0.25) is 0 Å². The van der Waals surface area contributed by atoms with Gasteiger partial charge in [-0.1, -0.05) is 71.2 Å². The van der Waals surface area contributed by atoms with Gasteiger partial charge in [-0.2, -0.15) is 0 Å². The second-order valence-electron chi connectivity index (χ2n) is 7.10. The Hall–Kier alpha value is -1.71. The van der Waals surface area contributed by atoms with Crippen molar-refractivity contribution in [2.45, 2.75) is 39.0 Å². The lowest BCUT2D eigenvalue weighted by atomic mass is 10.1. The SMILES string of the molecule is CC(CCc1ccccc1)NCc1cc(Cl)ccc1OCc1ccc(Cl)c(Cl)c1. The molecule has 3 rings (SSSR count). The van der Waals surface area contributed by atoms with Crippen LogP contribution in [0.5, 0.6) is 5.75 Å². The summed E-state index contributed by atoms with van der Waals surface area (Å²) in [5.41, 5.74) is 3.35. The van der Waals surface area contributed by atoms with Crippen LogP contribution in [0.25, 0.3) is 0 Å². The second-order valence-corrected chi connectivity index (χ2v) is 8.35. The van der Waals surface area contributed by atoms with Gasteiger partial charge in [0.25, 0.3) is 0 Å². The highest BCUT2D eigenvalue weighted by Crippen LogP contribution is 2.26. The normalized spacial score (nSPS) is 12.0. The maximum absolute atomic E-state index is 6.21. The molecule has 0 fully saturated rings. The summed E-state index contributed by atoms with van der Waals surface area (Å²) in [5.74, 6) is 0.809. The lowest BCUT2D eigenvalue weighted by molar-refractivity contribution is 0.301. The van der Waals surface area contributed by atoms with E-state index in [1.54, 1.807) is 6.07 Å². The Labute approximate surface area is 187 Å². The number of ether oxygens (including phenoxy) is 1. The number of benzene rings is 3. The van der Waals surface area contributed by atoms with E-state index in [0.717, 1.165) is 29.7 Å². The summed E-state index contributed by atoms with van der Waals surface area (Å²) >= 11 is 18.3. The molecule has 0 spiro atoms. The van der Waals surface area contributed by atoms with Gasteiger partial charge in [-0.3, -0.25) is 0 Å². The molecule has 0 saturated carbocycles. The molecule has 0 amide bonds. The minimum atomic E-state index is 0.372. The van der Waals surface area contributed by atoms with E-state index in [2.05, 4.69) is 36.5 Å². The summed E-state index contributed by atoms with van der Waals surface area (Å²) in [6.07, 6.45) is 2.11. The van der Waals surface area contributed by atoms with Gasteiger partial charge in [0.05, 0.1) is 10.0 Å². The van der Waals surface area contributed by atoms with E-state index < -0.39 is 0 Å². The molecule has 29 heavy (non-hydrogen) atoms. The van der Waals surface area contributed by atoms with Crippen LogP contribution in [0.4, 0.5) is 0 Å². The molecule has 0 heterocycles. The highest BCUT2D eigenvalue weighted by atomic mass is 35.5. The Morgan fingerprint density at radius 3 is 2.41 bits per heavy atom. The van der Waals surface area contributed by atoms with Gasteiger partial charge in [0.15, 0.2) is 0 Å². The van der Waals surface area contributed by atoms with E-state index in [4.69, 9.17) is 39.5 Å². The number of rotatable bonds is 9. The van der Waals surface area contributed by atoms with Crippen molar-refractivity contribution in [1.29, 1.82) is 0 Å². The third-order valence-corrected chi connectivity index (χ3v) is 5.72. The van der Waals surface area contributed by atoms with Gasteiger partial charge in [0, 0.05) is 23.2 Å². The first-order valence-electron chi connectivity index (χ1n) is 9.63. The first-order valence-corrected chi connectivity index (χ1v) is 10.8. The molecule has 0 aromatic heterocycles. The van der Waals surface area contributed by atoms with Crippen molar-refractivity contribution in [2.75, 3.05) is 0 Å². The fourth-order valence-electron chi connectivity index (χ4n) is 3.03. The van der Waals surface area contributed by atoms with Crippen molar-refractivity contribution >= 4 is 34.8 Å². The molecule has 0 aliphatic heterocycles. The van der Waals surface area contributed by atoms with E-state index in [0.29, 0.717) is 34.3 Å². The lowest BCUT2D eigenvalue weighted by Gasteiger charge is -2.17. The molecule has 2 nitrogen and oxygen atoms in total. The zero-order chi connectivity index (χ0) is 20.6. The number of aryl methyl sites for hydroxylation is 1. The minimum Gasteiger partial charge on any atom is -0.489 e. The molecule has 0 radical (unpaired) electrons. The Balaban J connectivity index is 1.57. The Bertz CT molecular complexity index is 931. The first kappa shape index (κ1) is 22.0. The van der Waals surface area contributed by atoms with Gasteiger partial charge < -0.3 is 10.1 Å². The Kier molecular flexibility index (Phi) is 8.26.